The Balaban J connectivity index is 3.64. The second-order valence-electron chi connectivity index (χ2n) is 6.44. The number of hydrogen-bond acceptors (Lipinski definition) is 2. The van der Waals surface area contributed by atoms with Crippen molar-refractivity contribution in [3.8, 4) is 5.75 Å². The Bertz CT molecular complexity index is 1020. The highest BCUT2D eigenvalue weighted by molar-refractivity contribution is 5.90. The summed E-state index contributed by atoms with van der Waals surface area (Å²) < 4.78 is 227. The number of halogens is 17. The lowest BCUT2D eigenvalue weighted by Crippen LogP contribution is -2.72. The van der Waals surface area contributed by atoms with Crippen LogP contribution in [0.1, 0.15) is 10.4 Å². The minimum Gasteiger partial charge on any atom is -0.478 e. The number of alkyl halides is 15. The molecule has 0 aliphatic carbocycles. The molecule has 0 unspecified atom stereocenters. The molecule has 0 aromatic heterocycles. The van der Waals surface area contributed by atoms with E-state index in [2.05, 4.69) is 4.74 Å². The zero-order valence-corrected chi connectivity index (χ0v) is 16.0. The van der Waals surface area contributed by atoms with Crippen LogP contribution in [0.2, 0.25) is 0 Å². The van der Waals surface area contributed by atoms with Gasteiger partial charge in [-0.3, -0.25) is 0 Å². The Labute approximate surface area is 185 Å². The van der Waals surface area contributed by atoms with Gasteiger partial charge in [-0.15, -0.1) is 0 Å². The molecule has 0 aliphatic heterocycles. The average molecular weight is 568 g/mol. The zero-order chi connectivity index (χ0) is 28.9. The van der Waals surface area contributed by atoms with Crippen LogP contribution in [-0.4, -0.2) is 52.8 Å². The van der Waals surface area contributed by atoms with E-state index >= 15 is 0 Å². The van der Waals surface area contributed by atoms with Crippen LogP contribution in [-0.2, 0) is 0 Å². The molecular weight excluding hydrogens is 563 g/mol. The van der Waals surface area contributed by atoms with Gasteiger partial charge in [0.1, 0.15) is 11.3 Å². The quantitative estimate of drug-likeness (QED) is 0.252. The summed E-state index contributed by atoms with van der Waals surface area (Å²) >= 11 is 0. The number of rotatable bonds is 9. The fraction of sp³-hybridized carbons (Fsp3) is 0.438. The maximum Gasteiger partial charge on any atom is 0.460 e. The fourth-order valence-corrected chi connectivity index (χ4v) is 2.10. The van der Waals surface area contributed by atoms with Gasteiger partial charge in [0.25, 0.3) is 0 Å². The lowest BCUT2D eigenvalue weighted by atomic mass is 9.91. The predicted molar refractivity (Wildman–Crippen MR) is 79.0 cm³/mol. The van der Waals surface area contributed by atoms with E-state index in [0.29, 0.717) is 12.1 Å². The van der Waals surface area contributed by atoms with E-state index in [0.717, 1.165) is 12.1 Å². The molecule has 0 heterocycles. The van der Waals surface area contributed by atoms with Gasteiger partial charge in [-0.25, -0.2) is 4.79 Å². The van der Waals surface area contributed by atoms with E-state index in [1.54, 1.807) is 0 Å². The molecule has 1 aromatic rings. The number of para-hydroxylation sites is 1. The van der Waals surface area contributed by atoms with Crippen LogP contribution < -0.4 is 4.74 Å². The summed E-state index contributed by atoms with van der Waals surface area (Å²) in [5.74, 6) is -58.3. The molecule has 0 saturated heterocycles. The Kier molecular flexibility index (Phi) is 7.64. The van der Waals surface area contributed by atoms with E-state index < -0.39 is 70.8 Å². The maximum absolute atomic E-state index is 13.7. The van der Waals surface area contributed by atoms with Gasteiger partial charge in [0, 0.05) is 0 Å². The van der Waals surface area contributed by atoms with Crippen LogP contribution in [0.25, 0.3) is 0 Å². The number of allylic oxidation sites excluding steroid dienone is 1. The molecule has 1 rings (SSSR count). The molecule has 1 N–H and O–H groups in total. The van der Waals surface area contributed by atoms with Gasteiger partial charge in [-0.1, -0.05) is 12.1 Å². The zero-order valence-electron chi connectivity index (χ0n) is 16.0. The van der Waals surface area contributed by atoms with Gasteiger partial charge in [0.2, 0.25) is 5.83 Å². The van der Waals surface area contributed by atoms with Crippen LogP contribution in [0.5, 0.6) is 5.75 Å². The van der Waals surface area contributed by atoms with Crippen molar-refractivity contribution in [1.82, 2.24) is 0 Å². The van der Waals surface area contributed by atoms with Crippen molar-refractivity contribution in [1.29, 1.82) is 0 Å². The molecule has 0 amide bonds. The van der Waals surface area contributed by atoms with Crippen molar-refractivity contribution in [2.75, 3.05) is 0 Å². The van der Waals surface area contributed by atoms with Crippen molar-refractivity contribution < 1.29 is 89.3 Å². The van der Waals surface area contributed by atoms with Gasteiger partial charge in [-0.05, 0) is 12.1 Å². The van der Waals surface area contributed by atoms with Gasteiger partial charge >= 0.3 is 53.7 Å². The Morgan fingerprint density at radius 2 is 1.03 bits per heavy atom. The van der Waals surface area contributed by atoms with Crippen molar-refractivity contribution in [3.63, 3.8) is 0 Å². The highest BCUT2D eigenvalue weighted by Crippen LogP contribution is 2.63. The number of hydrogen-bond donors (Lipinski definition) is 1. The summed E-state index contributed by atoms with van der Waals surface area (Å²) in [6.07, 6.45) is -7.82. The van der Waals surface area contributed by atoms with E-state index in [1.165, 1.54) is 0 Å². The molecule has 206 valence electrons. The molecular formula is C16H5F17O3. The third-order valence-corrected chi connectivity index (χ3v) is 4.09. The molecule has 20 heteroatoms. The third kappa shape index (κ3) is 4.37. The molecule has 0 bridgehead atoms. The van der Waals surface area contributed by atoms with Gasteiger partial charge in [-0.2, -0.15) is 74.6 Å². The first-order chi connectivity index (χ1) is 15.7. The van der Waals surface area contributed by atoms with E-state index in [1.807, 2.05) is 0 Å². The van der Waals surface area contributed by atoms with Gasteiger partial charge < -0.3 is 9.84 Å². The first-order valence-corrected chi connectivity index (χ1v) is 8.13. The maximum atomic E-state index is 13.7. The molecule has 0 fully saturated rings. The standard InChI is InChI=1S/C16H5F17O3/c17-7(8(18)36-6-4-2-1-3-5(6)9(34)35)10(19,20)11(21,22)12(23,24)13(25,26)14(27,28)15(29,30)16(31,32)33/h1-4H,(H,34,35)/b8-7-. The number of ether oxygens (including phenoxy) is 1. The molecule has 3 nitrogen and oxygen atoms in total. The van der Waals surface area contributed by atoms with Gasteiger partial charge in [0.05, 0.1) is 0 Å². The lowest BCUT2D eigenvalue weighted by molar-refractivity contribution is -0.451. The predicted octanol–water partition coefficient (Wildman–Crippen LogP) is 7.25. The van der Waals surface area contributed by atoms with Crippen LogP contribution in [0.4, 0.5) is 74.6 Å². The molecule has 0 spiro atoms. The summed E-state index contributed by atoms with van der Waals surface area (Å²) in [6.45, 7) is 0. The van der Waals surface area contributed by atoms with Crippen LogP contribution in [0.3, 0.4) is 0 Å². The molecule has 1 aromatic carbocycles. The highest BCUT2D eigenvalue weighted by Gasteiger charge is 2.93. The Morgan fingerprint density at radius 3 is 1.44 bits per heavy atom. The topological polar surface area (TPSA) is 46.5 Å². The van der Waals surface area contributed by atoms with E-state index in [9.17, 15) is 79.4 Å². The van der Waals surface area contributed by atoms with Crippen LogP contribution in [0, 0.1) is 0 Å². The van der Waals surface area contributed by atoms with Crippen LogP contribution in [0.15, 0.2) is 36.1 Å². The third-order valence-electron chi connectivity index (χ3n) is 4.09. The average Bonchev–Trinajstić information content (AvgIpc) is 2.71. The van der Waals surface area contributed by atoms with Crippen LogP contribution >= 0.6 is 0 Å². The Hall–Kier alpha value is -2.96. The second-order valence-corrected chi connectivity index (χ2v) is 6.44. The van der Waals surface area contributed by atoms with Crippen molar-refractivity contribution in [2.45, 2.75) is 41.7 Å². The summed E-state index contributed by atoms with van der Waals surface area (Å²) in [4.78, 5) is 10.8. The van der Waals surface area contributed by atoms with E-state index in [-0.39, 0.29) is 0 Å². The monoisotopic (exact) mass is 568 g/mol. The molecule has 0 saturated carbocycles. The highest BCUT2D eigenvalue weighted by atomic mass is 19.4. The summed E-state index contributed by atoms with van der Waals surface area (Å²) in [7, 11) is 0. The largest absolute Gasteiger partial charge is 0.478 e. The minimum atomic E-state index is -8.69. The lowest BCUT2D eigenvalue weighted by Gasteiger charge is -2.41. The molecule has 36 heavy (non-hydrogen) atoms. The molecule has 0 radical (unpaired) electrons. The SMILES string of the molecule is O=C(O)c1ccccc1O/C(F)=C(\F)C(F)(F)C(F)(F)C(F)(F)C(F)(F)C(F)(F)C(F)(F)C(F)(F)F. The van der Waals surface area contributed by atoms with Gasteiger partial charge in [0.15, 0.2) is 0 Å². The second kappa shape index (κ2) is 8.86. The molecule has 0 aliphatic rings. The smallest absolute Gasteiger partial charge is 0.460 e. The van der Waals surface area contributed by atoms with Crippen molar-refractivity contribution in [3.05, 3.63) is 41.7 Å². The number of carboxylic acid groups (broad SMARTS) is 1. The first-order valence-electron chi connectivity index (χ1n) is 8.13. The number of carbonyl (C=O) groups is 1. The summed E-state index contributed by atoms with van der Waals surface area (Å²) in [5.41, 5.74) is -1.22. The van der Waals surface area contributed by atoms with Crippen molar-refractivity contribution >= 4 is 5.97 Å². The Morgan fingerprint density at radius 1 is 0.639 bits per heavy atom. The first kappa shape index (κ1) is 31.1. The summed E-state index contributed by atoms with van der Waals surface area (Å²) in [6, 6.07) is -1.35. The number of carboxylic acids is 1. The fourth-order valence-electron chi connectivity index (χ4n) is 2.10. The van der Waals surface area contributed by atoms with Crippen molar-refractivity contribution in [2.24, 2.45) is 0 Å². The summed E-state index contributed by atoms with van der Waals surface area (Å²) in [5, 5.41) is 8.73. The normalized spacial score (nSPS) is 15.5. The number of aromatic carboxylic acids is 1. The molecule has 0 atom stereocenters. The minimum absolute atomic E-state index is 0.328. The van der Waals surface area contributed by atoms with E-state index in [4.69, 9.17) is 5.11 Å². The number of benzene rings is 1.